The zero-order chi connectivity index (χ0) is 15.9. The standard InChI is InChI=1S/C20H22N2S/c1-2-3-5-14-19-17-12-8-9-13-18(17)22-20(23-19)21-15-16-10-6-4-7-11-16/h4,6-14H,2-3,5,15H2,1H3,(H,21,22)/b19-14-. The average molecular weight is 322 g/mol. The summed E-state index contributed by atoms with van der Waals surface area (Å²) in [7, 11) is 0. The number of anilines is 1. The third kappa shape index (κ3) is 4.26. The summed E-state index contributed by atoms with van der Waals surface area (Å²) in [4.78, 5) is 6.08. The van der Waals surface area contributed by atoms with Gasteiger partial charge >= 0.3 is 0 Å². The molecule has 0 saturated carbocycles. The number of allylic oxidation sites excluding steroid dienone is 1. The molecule has 1 heterocycles. The highest BCUT2D eigenvalue weighted by Crippen LogP contribution is 2.39. The second kappa shape index (κ2) is 8.02. The highest BCUT2D eigenvalue weighted by Gasteiger charge is 2.18. The van der Waals surface area contributed by atoms with Crippen LogP contribution < -0.4 is 5.32 Å². The van der Waals surface area contributed by atoms with Crippen molar-refractivity contribution in [2.45, 2.75) is 32.7 Å². The van der Waals surface area contributed by atoms with Crippen LogP contribution in [0.5, 0.6) is 0 Å². The monoisotopic (exact) mass is 322 g/mol. The Morgan fingerprint density at radius 1 is 1.04 bits per heavy atom. The van der Waals surface area contributed by atoms with Gasteiger partial charge < -0.3 is 5.32 Å². The molecule has 3 rings (SSSR count). The van der Waals surface area contributed by atoms with Crippen LogP contribution in [0, 0.1) is 0 Å². The minimum Gasteiger partial charge on any atom is -0.334 e. The number of unbranched alkanes of at least 4 members (excludes halogenated alkanes) is 2. The summed E-state index contributed by atoms with van der Waals surface area (Å²) in [5, 5.41) is 4.44. The number of nitrogens with one attached hydrogen (secondary N) is 1. The zero-order valence-corrected chi connectivity index (χ0v) is 14.3. The fraction of sp³-hybridized carbons (Fsp3) is 0.250. The molecule has 118 valence electrons. The first kappa shape index (κ1) is 15.9. The first-order valence-electron chi connectivity index (χ1n) is 8.19. The van der Waals surface area contributed by atoms with Crippen LogP contribution in [-0.4, -0.2) is 5.17 Å². The second-order valence-corrected chi connectivity index (χ2v) is 6.62. The smallest absolute Gasteiger partial charge is 0.166 e. The molecule has 0 aromatic heterocycles. The molecule has 0 atom stereocenters. The summed E-state index contributed by atoms with van der Waals surface area (Å²) in [5.74, 6) is 0. The highest BCUT2D eigenvalue weighted by atomic mass is 32.2. The zero-order valence-electron chi connectivity index (χ0n) is 13.5. The second-order valence-electron chi connectivity index (χ2n) is 5.59. The summed E-state index contributed by atoms with van der Waals surface area (Å²) < 4.78 is 0. The summed E-state index contributed by atoms with van der Waals surface area (Å²) in [6, 6.07) is 18.9. The SMILES string of the molecule is CCCC/C=C1\SC(=NCc2ccccc2)Nc2ccccc21. The third-order valence-corrected chi connectivity index (χ3v) is 4.81. The van der Waals surface area contributed by atoms with E-state index in [1.165, 1.54) is 28.9 Å². The van der Waals surface area contributed by atoms with Gasteiger partial charge in [-0.2, -0.15) is 0 Å². The van der Waals surface area contributed by atoms with Crippen molar-refractivity contribution in [1.82, 2.24) is 0 Å². The molecule has 23 heavy (non-hydrogen) atoms. The Hall–Kier alpha value is -2.00. The molecular formula is C20H22N2S. The van der Waals surface area contributed by atoms with Gasteiger partial charge in [-0.1, -0.05) is 86.1 Å². The normalized spacial score (nSPS) is 17.1. The number of fused-ring (bicyclic) bond motifs is 1. The molecule has 0 spiro atoms. The van der Waals surface area contributed by atoms with E-state index in [1.807, 2.05) is 6.07 Å². The molecule has 3 heteroatoms. The minimum absolute atomic E-state index is 0.709. The fourth-order valence-corrected chi connectivity index (χ4v) is 3.50. The van der Waals surface area contributed by atoms with Gasteiger partial charge in [-0.15, -0.1) is 0 Å². The number of para-hydroxylation sites is 1. The van der Waals surface area contributed by atoms with Gasteiger partial charge in [0, 0.05) is 16.2 Å². The van der Waals surface area contributed by atoms with Gasteiger partial charge in [-0.25, -0.2) is 0 Å². The summed E-state index contributed by atoms with van der Waals surface area (Å²) >= 11 is 1.74. The van der Waals surface area contributed by atoms with Gasteiger partial charge in [-0.05, 0) is 18.1 Å². The lowest BCUT2D eigenvalue weighted by Crippen LogP contribution is -2.14. The Kier molecular flexibility index (Phi) is 5.54. The van der Waals surface area contributed by atoms with Crippen molar-refractivity contribution >= 4 is 27.5 Å². The molecule has 0 radical (unpaired) electrons. The lowest BCUT2D eigenvalue weighted by atomic mass is 10.1. The van der Waals surface area contributed by atoms with Crippen LogP contribution in [-0.2, 0) is 6.54 Å². The highest BCUT2D eigenvalue weighted by molar-refractivity contribution is 8.22. The van der Waals surface area contributed by atoms with Crippen molar-refractivity contribution in [3.8, 4) is 0 Å². The maximum Gasteiger partial charge on any atom is 0.166 e. The predicted octanol–water partition coefficient (Wildman–Crippen LogP) is 5.93. The fourth-order valence-electron chi connectivity index (χ4n) is 2.51. The van der Waals surface area contributed by atoms with Crippen LogP contribution in [0.15, 0.2) is 65.7 Å². The maximum atomic E-state index is 4.76. The number of thioether (sulfide) groups is 1. The van der Waals surface area contributed by atoms with Crippen LogP contribution in [0.4, 0.5) is 5.69 Å². The molecule has 0 saturated heterocycles. The quantitative estimate of drug-likeness (QED) is 0.690. The number of aliphatic imine (C=N–C) groups is 1. The van der Waals surface area contributed by atoms with Gasteiger partial charge in [-0.3, -0.25) is 4.99 Å². The third-order valence-electron chi connectivity index (χ3n) is 3.78. The number of rotatable bonds is 5. The van der Waals surface area contributed by atoms with Gasteiger partial charge in [0.05, 0.1) is 6.54 Å². The van der Waals surface area contributed by atoms with Crippen LogP contribution in [0.3, 0.4) is 0 Å². The topological polar surface area (TPSA) is 24.4 Å². The molecule has 0 amide bonds. The molecule has 0 aliphatic carbocycles. The van der Waals surface area contributed by atoms with E-state index in [-0.39, 0.29) is 0 Å². The Morgan fingerprint density at radius 2 is 1.83 bits per heavy atom. The Morgan fingerprint density at radius 3 is 2.65 bits per heavy atom. The molecule has 2 aromatic rings. The van der Waals surface area contributed by atoms with E-state index in [1.54, 1.807) is 11.8 Å². The lowest BCUT2D eigenvalue weighted by Gasteiger charge is -2.22. The van der Waals surface area contributed by atoms with E-state index in [4.69, 9.17) is 4.99 Å². The number of hydrogen-bond acceptors (Lipinski definition) is 2. The first-order valence-corrected chi connectivity index (χ1v) is 9.01. The molecule has 2 aromatic carbocycles. The lowest BCUT2D eigenvalue weighted by molar-refractivity contribution is 0.816. The van der Waals surface area contributed by atoms with Crippen LogP contribution in [0.1, 0.15) is 37.3 Å². The largest absolute Gasteiger partial charge is 0.334 e. The molecule has 1 aliphatic heterocycles. The maximum absolute atomic E-state index is 4.76. The van der Waals surface area contributed by atoms with E-state index in [0.717, 1.165) is 17.3 Å². The van der Waals surface area contributed by atoms with Gasteiger partial charge in [0.2, 0.25) is 0 Å². The number of nitrogens with zero attached hydrogens (tertiary/aromatic N) is 1. The van der Waals surface area contributed by atoms with Crippen molar-refractivity contribution < 1.29 is 0 Å². The van der Waals surface area contributed by atoms with Crippen molar-refractivity contribution in [1.29, 1.82) is 0 Å². The molecule has 1 aliphatic rings. The van der Waals surface area contributed by atoms with Crippen molar-refractivity contribution in [3.63, 3.8) is 0 Å². The van der Waals surface area contributed by atoms with Crippen molar-refractivity contribution in [2.24, 2.45) is 4.99 Å². The molecule has 0 unspecified atom stereocenters. The first-order chi connectivity index (χ1) is 11.4. The van der Waals surface area contributed by atoms with E-state index < -0.39 is 0 Å². The Balaban J connectivity index is 1.80. The predicted molar refractivity (Wildman–Crippen MR) is 103 cm³/mol. The van der Waals surface area contributed by atoms with Crippen LogP contribution in [0.25, 0.3) is 4.91 Å². The van der Waals surface area contributed by atoms with Crippen molar-refractivity contribution in [3.05, 3.63) is 71.8 Å². The van der Waals surface area contributed by atoms with E-state index >= 15 is 0 Å². The van der Waals surface area contributed by atoms with Gasteiger partial charge in [0.1, 0.15) is 0 Å². The summed E-state index contributed by atoms with van der Waals surface area (Å²) in [6.45, 7) is 2.94. The number of benzene rings is 2. The summed E-state index contributed by atoms with van der Waals surface area (Å²) in [5.41, 5.74) is 3.67. The molecule has 0 bridgehead atoms. The Bertz CT molecular complexity index is 705. The molecular weight excluding hydrogens is 300 g/mol. The van der Waals surface area contributed by atoms with Crippen LogP contribution >= 0.6 is 11.8 Å². The van der Waals surface area contributed by atoms with Crippen LogP contribution in [0.2, 0.25) is 0 Å². The number of hydrogen-bond donors (Lipinski definition) is 1. The number of amidine groups is 1. The molecule has 2 nitrogen and oxygen atoms in total. The van der Waals surface area contributed by atoms with E-state index in [0.29, 0.717) is 6.54 Å². The molecule has 0 fully saturated rings. The average Bonchev–Trinajstić information content (AvgIpc) is 2.61. The van der Waals surface area contributed by atoms with Gasteiger partial charge in [0.15, 0.2) is 5.17 Å². The van der Waals surface area contributed by atoms with Crippen molar-refractivity contribution in [2.75, 3.05) is 5.32 Å². The minimum atomic E-state index is 0.709. The van der Waals surface area contributed by atoms with E-state index in [2.05, 4.69) is 66.8 Å². The molecule has 1 N–H and O–H groups in total. The van der Waals surface area contributed by atoms with E-state index in [9.17, 15) is 0 Å². The van der Waals surface area contributed by atoms with Gasteiger partial charge in [0.25, 0.3) is 0 Å². The summed E-state index contributed by atoms with van der Waals surface area (Å²) in [6.07, 6.45) is 5.93. The Labute approximate surface area is 142 Å².